The van der Waals surface area contributed by atoms with E-state index in [1.807, 2.05) is 0 Å². The van der Waals surface area contributed by atoms with Gasteiger partial charge >= 0.3 is 0 Å². The van der Waals surface area contributed by atoms with Crippen molar-refractivity contribution in [3.8, 4) is 22.7 Å². The first kappa shape index (κ1) is 32.2. The zero-order chi connectivity index (χ0) is 37.0. The van der Waals surface area contributed by atoms with Gasteiger partial charge in [-0.25, -0.2) is 0 Å². The third-order valence-corrected chi connectivity index (χ3v) is 11.3. The van der Waals surface area contributed by atoms with E-state index in [1.54, 1.807) is 0 Å². The molecule has 1 aliphatic carbocycles. The van der Waals surface area contributed by atoms with Crippen molar-refractivity contribution in [2.24, 2.45) is 0 Å². The van der Waals surface area contributed by atoms with Gasteiger partial charge in [0.05, 0.1) is 28.1 Å². The zero-order valence-electron chi connectivity index (χ0n) is 30.7. The van der Waals surface area contributed by atoms with Crippen LogP contribution in [0.3, 0.4) is 0 Å². The second-order valence-corrected chi connectivity index (χ2v) is 14.5. The van der Waals surface area contributed by atoms with Crippen molar-refractivity contribution in [1.82, 2.24) is 9.13 Å². The molecule has 0 spiro atoms. The fourth-order valence-electron chi connectivity index (χ4n) is 8.69. The Morgan fingerprint density at radius 1 is 0.464 bits per heavy atom. The second kappa shape index (κ2) is 13.2. The molecular formula is C52H37N3O. The van der Waals surface area contributed by atoms with Crippen LogP contribution in [0.15, 0.2) is 211 Å². The molecule has 11 rings (SSSR count). The van der Waals surface area contributed by atoms with E-state index in [2.05, 4.69) is 220 Å². The van der Waals surface area contributed by atoms with Gasteiger partial charge < -0.3 is 13.9 Å². The van der Waals surface area contributed by atoms with E-state index in [0.717, 1.165) is 34.7 Å². The van der Waals surface area contributed by atoms with Gasteiger partial charge in [-0.15, -0.1) is 0 Å². The van der Waals surface area contributed by atoms with Crippen molar-refractivity contribution in [2.75, 3.05) is 4.90 Å². The van der Waals surface area contributed by atoms with Crippen molar-refractivity contribution in [3.63, 3.8) is 0 Å². The number of nitrogens with zero attached hydrogens (tertiary/aromatic N) is 3. The van der Waals surface area contributed by atoms with Crippen LogP contribution in [0.25, 0.3) is 71.9 Å². The predicted molar refractivity (Wildman–Crippen MR) is 233 cm³/mol. The number of allylic oxidation sites excluding steroid dienone is 2. The van der Waals surface area contributed by atoms with Crippen molar-refractivity contribution in [2.45, 2.75) is 12.5 Å². The third kappa shape index (κ3) is 5.30. The molecule has 4 nitrogen and oxygen atoms in total. The lowest BCUT2D eigenvalue weighted by Gasteiger charge is -2.33. The Balaban J connectivity index is 0.945. The van der Waals surface area contributed by atoms with Gasteiger partial charge in [0.25, 0.3) is 0 Å². The SMILES string of the molecule is C1=CC(N(c2ccccc2)c2ccccc2)CC=C1c1ccc(-n2c3ccccc3c3cc(-c4ccc5c(c4)c4ccccc4n5-c4ccccc4)ccc32)o1. The Hall–Kier alpha value is -7.30. The van der Waals surface area contributed by atoms with Crippen LogP contribution < -0.4 is 4.90 Å². The molecular weight excluding hydrogens is 683 g/mol. The van der Waals surface area contributed by atoms with Crippen molar-refractivity contribution >= 4 is 60.6 Å². The number of fused-ring (bicyclic) bond motifs is 6. The quantitative estimate of drug-likeness (QED) is 0.164. The average molecular weight is 720 g/mol. The Labute approximate surface area is 325 Å². The van der Waals surface area contributed by atoms with E-state index < -0.39 is 0 Å². The summed E-state index contributed by atoms with van der Waals surface area (Å²) < 4.78 is 11.3. The highest BCUT2D eigenvalue weighted by atomic mass is 16.4. The maximum Gasteiger partial charge on any atom is 0.205 e. The van der Waals surface area contributed by atoms with Gasteiger partial charge in [0.1, 0.15) is 5.76 Å². The first-order valence-electron chi connectivity index (χ1n) is 19.3. The van der Waals surface area contributed by atoms with Gasteiger partial charge in [-0.05, 0) is 96.4 Å². The molecule has 1 atom stereocenters. The molecule has 56 heavy (non-hydrogen) atoms. The fourth-order valence-corrected chi connectivity index (χ4v) is 8.69. The van der Waals surface area contributed by atoms with Crippen LogP contribution in [0.5, 0.6) is 0 Å². The maximum atomic E-state index is 6.72. The highest BCUT2D eigenvalue weighted by Crippen LogP contribution is 2.39. The summed E-state index contributed by atoms with van der Waals surface area (Å²) in [5.41, 5.74) is 11.7. The van der Waals surface area contributed by atoms with Crippen LogP contribution in [0.2, 0.25) is 0 Å². The van der Waals surface area contributed by atoms with Crippen molar-refractivity contribution < 1.29 is 4.42 Å². The standard InChI is InChI=1S/C52H37N3O/c1-4-14-39(15-5-1)53(40-16-6-2-7-17-40)42-28-24-36(25-29-42)51-32-33-52(56-51)55-48-23-13-11-21-44(48)46-35-38(27-31-50(46)55)37-26-30-49-45(34-37)43-20-10-12-22-47(43)54(49)41-18-8-3-9-19-41/h1-28,30-35,42H,29H2. The highest BCUT2D eigenvalue weighted by Gasteiger charge is 2.22. The second-order valence-electron chi connectivity index (χ2n) is 14.5. The lowest BCUT2D eigenvalue weighted by molar-refractivity contribution is 0.534. The maximum absolute atomic E-state index is 6.72. The molecule has 10 aromatic rings. The summed E-state index contributed by atoms with van der Waals surface area (Å²) in [4.78, 5) is 2.41. The van der Waals surface area contributed by atoms with Crippen LogP contribution in [-0.4, -0.2) is 15.2 Å². The summed E-state index contributed by atoms with van der Waals surface area (Å²) >= 11 is 0. The topological polar surface area (TPSA) is 26.2 Å². The van der Waals surface area contributed by atoms with Crippen LogP contribution in [-0.2, 0) is 0 Å². The molecule has 0 aliphatic heterocycles. The number of para-hydroxylation sites is 5. The number of anilines is 2. The smallest absolute Gasteiger partial charge is 0.205 e. The van der Waals surface area contributed by atoms with E-state index in [0.29, 0.717) is 0 Å². The summed E-state index contributed by atoms with van der Waals surface area (Å²) in [7, 11) is 0. The summed E-state index contributed by atoms with van der Waals surface area (Å²) in [5, 5.41) is 4.90. The summed E-state index contributed by atoms with van der Waals surface area (Å²) in [6.07, 6.45) is 7.68. The molecule has 0 saturated carbocycles. The van der Waals surface area contributed by atoms with Crippen LogP contribution >= 0.6 is 0 Å². The minimum Gasteiger partial charge on any atom is -0.440 e. The van der Waals surface area contributed by atoms with Gasteiger partial charge in [-0.1, -0.05) is 121 Å². The Kier molecular flexibility index (Phi) is 7.59. The molecule has 1 unspecified atom stereocenters. The van der Waals surface area contributed by atoms with Gasteiger partial charge in [0.2, 0.25) is 5.88 Å². The first-order valence-corrected chi connectivity index (χ1v) is 19.3. The first-order chi connectivity index (χ1) is 27.8. The lowest BCUT2D eigenvalue weighted by atomic mass is 9.99. The molecule has 266 valence electrons. The summed E-state index contributed by atoms with van der Waals surface area (Å²) in [6, 6.07) is 67.3. The molecule has 0 N–H and O–H groups in total. The number of benzene rings is 7. The van der Waals surface area contributed by atoms with E-state index in [9.17, 15) is 0 Å². The monoisotopic (exact) mass is 719 g/mol. The summed E-state index contributed by atoms with van der Waals surface area (Å²) in [5.74, 6) is 1.67. The number of hydrogen-bond acceptors (Lipinski definition) is 2. The van der Waals surface area contributed by atoms with Crippen LogP contribution in [0, 0.1) is 0 Å². The van der Waals surface area contributed by atoms with Gasteiger partial charge in [0, 0.05) is 50.2 Å². The molecule has 0 amide bonds. The lowest BCUT2D eigenvalue weighted by Crippen LogP contribution is -2.30. The normalized spacial score (nSPS) is 14.2. The Morgan fingerprint density at radius 2 is 0.982 bits per heavy atom. The number of aromatic nitrogens is 2. The minimum absolute atomic E-state index is 0.188. The third-order valence-electron chi connectivity index (χ3n) is 11.3. The van der Waals surface area contributed by atoms with Crippen LogP contribution in [0.1, 0.15) is 12.2 Å². The molecule has 0 saturated heterocycles. The largest absolute Gasteiger partial charge is 0.440 e. The van der Waals surface area contributed by atoms with E-state index >= 15 is 0 Å². The molecule has 0 fully saturated rings. The number of rotatable bonds is 7. The zero-order valence-corrected chi connectivity index (χ0v) is 30.7. The van der Waals surface area contributed by atoms with E-state index in [-0.39, 0.29) is 6.04 Å². The predicted octanol–water partition coefficient (Wildman–Crippen LogP) is 13.7. The van der Waals surface area contributed by atoms with Crippen molar-refractivity contribution in [3.05, 3.63) is 212 Å². The fraction of sp³-hybridized carbons (Fsp3) is 0.0385. The molecule has 1 aliphatic rings. The molecule has 0 radical (unpaired) electrons. The van der Waals surface area contributed by atoms with Gasteiger partial charge in [0.15, 0.2) is 0 Å². The van der Waals surface area contributed by atoms with Crippen molar-refractivity contribution in [1.29, 1.82) is 0 Å². The molecule has 3 aromatic heterocycles. The number of hydrogen-bond donors (Lipinski definition) is 0. The molecule has 4 heteroatoms. The molecule has 3 heterocycles. The van der Waals surface area contributed by atoms with E-state index in [4.69, 9.17) is 4.42 Å². The molecule has 7 aromatic carbocycles. The average Bonchev–Trinajstić information content (AvgIpc) is 3.98. The Morgan fingerprint density at radius 3 is 1.57 bits per heavy atom. The van der Waals surface area contributed by atoms with Gasteiger partial charge in [-0.2, -0.15) is 0 Å². The van der Waals surface area contributed by atoms with Crippen LogP contribution in [0.4, 0.5) is 11.4 Å². The Bertz CT molecular complexity index is 3070. The molecule has 0 bridgehead atoms. The summed E-state index contributed by atoms with van der Waals surface area (Å²) in [6.45, 7) is 0. The number of furan rings is 1. The van der Waals surface area contributed by atoms with E-state index in [1.165, 1.54) is 60.8 Å². The minimum atomic E-state index is 0.188. The highest BCUT2D eigenvalue weighted by molar-refractivity contribution is 6.12. The van der Waals surface area contributed by atoms with Gasteiger partial charge in [-0.3, -0.25) is 4.57 Å².